The van der Waals surface area contributed by atoms with Gasteiger partial charge in [-0.05, 0) is 19.1 Å². The van der Waals surface area contributed by atoms with Crippen LogP contribution < -0.4 is 10.1 Å². The van der Waals surface area contributed by atoms with Crippen LogP contribution in [0, 0.1) is 5.92 Å². The minimum absolute atomic E-state index is 0.233. The Labute approximate surface area is 89.2 Å². The minimum Gasteiger partial charge on any atom is -0.489 e. The average Bonchev–Trinajstić information content (AvgIpc) is 2.05. The highest BCUT2D eigenvalue weighted by Crippen LogP contribution is 2.26. The van der Waals surface area contributed by atoms with Gasteiger partial charge in [-0.3, -0.25) is 0 Å². The zero-order valence-corrected chi connectivity index (χ0v) is 8.92. The fourth-order valence-corrected chi connectivity index (χ4v) is 1.66. The number of para-hydroxylation sites is 1. The molecule has 0 amide bonds. The second-order valence-electron chi connectivity index (χ2n) is 3.67. The first-order valence-corrected chi connectivity index (χ1v) is 5.27. The normalized spacial score (nSPS) is 18.7. The molecule has 1 N–H and O–H groups in total. The Morgan fingerprint density at radius 1 is 1.43 bits per heavy atom. The first kappa shape index (κ1) is 9.81. The lowest BCUT2D eigenvalue weighted by molar-refractivity contribution is 0.115. The molecule has 1 atom stereocenters. The molecule has 1 aromatic carbocycles. The third kappa shape index (κ3) is 2.02. The van der Waals surface area contributed by atoms with Gasteiger partial charge in [0, 0.05) is 19.0 Å². The molecule has 1 heterocycles. The van der Waals surface area contributed by atoms with E-state index in [0.29, 0.717) is 10.9 Å². The van der Waals surface area contributed by atoms with Crippen molar-refractivity contribution in [1.82, 2.24) is 5.32 Å². The van der Waals surface area contributed by atoms with E-state index in [1.54, 1.807) is 0 Å². The number of ether oxygens (including phenoxy) is 1. The lowest BCUT2D eigenvalue weighted by atomic mass is 9.98. The summed E-state index contributed by atoms with van der Waals surface area (Å²) in [5.41, 5.74) is 0. The second-order valence-corrected chi connectivity index (χ2v) is 4.08. The molecule has 76 valence electrons. The average molecular weight is 212 g/mol. The van der Waals surface area contributed by atoms with E-state index in [-0.39, 0.29) is 6.10 Å². The molecule has 14 heavy (non-hydrogen) atoms. The summed E-state index contributed by atoms with van der Waals surface area (Å²) in [4.78, 5) is 0. The molecule has 0 aliphatic carbocycles. The van der Waals surface area contributed by atoms with Crippen LogP contribution >= 0.6 is 11.6 Å². The minimum atomic E-state index is 0.233. The van der Waals surface area contributed by atoms with Crippen molar-refractivity contribution in [2.24, 2.45) is 5.92 Å². The Balaban J connectivity index is 1.99. The first-order chi connectivity index (χ1) is 6.77. The van der Waals surface area contributed by atoms with Crippen molar-refractivity contribution in [2.75, 3.05) is 13.1 Å². The van der Waals surface area contributed by atoms with Gasteiger partial charge in [0.1, 0.15) is 11.9 Å². The zero-order valence-electron chi connectivity index (χ0n) is 8.16. The van der Waals surface area contributed by atoms with Crippen LogP contribution in [0.15, 0.2) is 24.3 Å². The third-order valence-corrected chi connectivity index (χ3v) is 2.94. The van der Waals surface area contributed by atoms with Gasteiger partial charge in [0.2, 0.25) is 0 Å². The van der Waals surface area contributed by atoms with Gasteiger partial charge in [0.25, 0.3) is 0 Å². The number of rotatable bonds is 3. The molecule has 3 heteroatoms. The summed E-state index contributed by atoms with van der Waals surface area (Å²) in [6.07, 6.45) is 0.233. The molecule has 0 radical (unpaired) electrons. The molecular formula is C11H14ClNO. The number of hydrogen-bond donors (Lipinski definition) is 1. The van der Waals surface area contributed by atoms with Crippen LogP contribution in [0.5, 0.6) is 5.75 Å². The van der Waals surface area contributed by atoms with Gasteiger partial charge in [-0.15, -0.1) is 0 Å². The van der Waals surface area contributed by atoms with Gasteiger partial charge in [0.05, 0.1) is 5.02 Å². The van der Waals surface area contributed by atoms with Crippen molar-refractivity contribution < 1.29 is 4.74 Å². The number of benzene rings is 1. The van der Waals surface area contributed by atoms with Gasteiger partial charge < -0.3 is 10.1 Å². The van der Waals surface area contributed by atoms with Crippen LogP contribution in [-0.4, -0.2) is 19.2 Å². The van der Waals surface area contributed by atoms with Crippen LogP contribution in [0.25, 0.3) is 0 Å². The molecular weight excluding hydrogens is 198 g/mol. The molecule has 1 aliphatic heterocycles. The molecule has 0 bridgehead atoms. The smallest absolute Gasteiger partial charge is 0.138 e. The standard InChI is InChI=1S/C11H14ClNO/c1-8(9-6-13-7-9)14-11-5-3-2-4-10(11)12/h2-5,8-9,13H,6-7H2,1H3. The van der Waals surface area contributed by atoms with E-state index < -0.39 is 0 Å². The third-order valence-electron chi connectivity index (χ3n) is 2.63. The molecule has 2 nitrogen and oxygen atoms in total. The second kappa shape index (κ2) is 4.20. The summed E-state index contributed by atoms with van der Waals surface area (Å²) in [7, 11) is 0. The van der Waals surface area contributed by atoms with Gasteiger partial charge >= 0.3 is 0 Å². The molecule has 1 saturated heterocycles. The highest BCUT2D eigenvalue weighted by Gasteiger charge is 2.25. The fraction of sp³-hybridized carbons (Fsp3) is 0.455. The molecule has 1 aromatic rings. The number of nitrogens with one attached hydrogen (secondary N) is 1. The fourth-order valence-electron chi connectivity index (χ4n) is 1.48. The van der Waals surface area contributed by atoms with Crippen LogP contribution in [0.1, 0.15) is 6.92 Å². The van der Waals surface area contributed by atoms with Crippen LogP contribution in [-0.2, 0) is 0 Å². The van der Waals surface area contributed by atoms with Crippen molar-refractivity contribution >= 4 is 11.6 Å². The molecule has 1 unspecified atom stereocenters. The lowest BCUT2D eigenvalue weighted by Crippen LogP contribution is -2.49. The Kier molecular flexibility index (Phi) is 2.94. The van der Waals surface area contributed by atoms with E-state index in [1.165, 1.54) is 0 Å². The summed E-state index contributed by atoms with van der Waals surface area (Å²) >= 11 is 5.99. The quantitative estimate of drug-likeness (QED) is 0.829. The maximum absolute atomic E-state index is 5.99. The number of hydrogen-bond acceptors (Lipinski definition) is 2. The molecule has 2 rings (SSSR count). The van der Waals surface area contributed by atoms with Crippen molar-refractivity contribution in [3.8, 4) is 5.75 Å². The van der Waals surface area contributed by atoms with E-state index in [2.05, 4.69) is 12.2 Å². The van der Waals surface area contributed by atoms with Crippen molar-refractivity contribution in [1.29, 1.82) is 0 Å². The summed E-state index contributed by atoms with van der Waals surface area (Å²) in [6.45, 7) is 4.19. The van der Waals surface area contributed by atoms with Crippen LogP contribution in [0.4, 0.5) is 0 Å². The van der Waals surface area contributed by atoms with Crippen LogP contribution in [0.2, 0.25) is 5.02 Å². The zero-order chi connectivity index (χ0) is 9.97. The highest BCUT2D eigenvalue weighted by atomic mass is 35.5. The molecule has 1 aliphatic rings. The largest absolute Gasteiger partial charge is 0.489 e. The molecule has 1 fully saturated rings. The summed E-state index contributed by atoms with van der Waals surface area (Å²) in [5.74, 6) is 1.40. The maximum Gasteiger partial charge on any atom is 0.138 e. The predicted octanol–water partition coefficient (Wildman–Crippen LogP) is 2.33. The van der Waals surface area contributed by atoms with Crippen molar-refractivity contribution in [2.45, 2.75) is 13.0 Å². The molecule has 0 spiro atoms. The molecule has 0 saturated carbocycles. The topological polar surface area (TPSA) is 21.3 Å². The van der Waals surface area contributed by atoms with E-state index in [0.717, 1.165) is 18.8 Å². The van der Waals surface area contributed by atoms with Gasteiger partial charge in [0.15, 0.2) is 0 Å². The van der Waals surface area contributed by atoms with E-state index in [4.69, 9.17) is 16.3 Å². The number of halogens is 1. The highest BCUT2D eigenvalue weighted by molar-refractivity contribution is 6.32. The summed E-state index contributed by atoms with van der Waals surface area (Å²) < 4.78 is 5.78. The van der Waals surface area contributed by atoms with Crippen LogP contribution in [0.3, 0.4) is 0 Å². The predicted molar refractivity (Wildman–Crippen MR) is 57.9 cm³/mol. The Bertz CT molecular complexity index is 312. The first-order valence-electron chi connectivity index (χ1n) is 4.89. The van der Waals surface area contributed by atoms with E-state index in [9.17, 15) is 0 Å². The summed E-state index contributed by atoms with van der Waals surface area (Å²) in [5, 5.41) is 3.92. The Hall–Kier alpha value is -0.730. The van der Waals surface area contributed by atoms with Gasteiger partial charge in [-0.25, -0.2) is 0 Å². The van der Waals surface area contributed by atoms with Crippen molar-refractivity contribution in [3.05, 3.63) is 29.3 Å². The van der Waals surface area contributed by atoms with Crippen molar-refractivity contribution in [3.63, 3.8) is 0 Å². The van der Waals surface area contributed by atoms with Gasteiger partial charge in [-0.2, -0.15) is 0 Å². The monoisotopic (exact) mass is 211 g/mol. The lowest BCUT2D eigenvalue weighted by Gasteiger charge is -2.32. The Morgan fingerprint density at radius 2 is 2.14 bits per heavy atom. The Morgan fingerprint density at radius 3 is 2.71 bits per heavy atom. The van der Waals surface area contributed by atoms with E-state index in [1.807, 2.05) is 24.3 Å². The molecule has 0 aromatic heterocycles. The van der Waals surface area contributed by atoms with E-state index >= 15 is 0 Å². The van der Waals surface area contributed by atoms with Gasteiger partial charge in [-0.1, -0.05) is 23.7 Å². The SMILES string of the molecule is CC(Oc1ccccc1Cl)C1CNC1. The maximum atomic E-state index is 5.99. The summed E-state index contributed by atoms with van der Waals surface area (Å²) in [6, 6.07) is 7.60.